The molecule has 1 aromatic carbocycles. The van der Waals surface area contributed by atoms with E-state index in [0.29, 0.717) is 4.47 Å². The van der Waals surface area contributed by atoms with Gasteiger partial charge in [0.1, 0.15) is 6.10 Å². The average molecular weight is 338 g/mol. The number of rotatable bonds is 2. The van der Waals surface area contributed by atoms with E-state index in [9.17, 15) is 18.3 Å². The number of hydrogen-bond acceptors (Lipinski definition) is 1. The highest BCUT2D eigenvalue weighted by Crippen LogP contribution is 2.49. The summed E-state index contributed by atoms with van der Waals surface area (Å²) in [6.45, 7) is 0. The Morgan fingerprint density at radius 3 is 2.12 bits per heavy atom. The molecule has 0 aliphatic rings. The van der Waals surface area contributed by atoms with Gasteiger partial charge in [-0.15, -0.1) is 0 Å². The molecule has 1 nitrogen and oxygen atoms in total. The van der Waals surface area contributed by atoms with Crippen molar-refractivity contribution in [3.05, 3.63) is 34.3 Å². The fraction of sp³-hybridized carbons (Fsp3) is 0.333. The van der Waals surface area contributed by atoms with Crippen molar-refractivity contribution in [1.29, 1.82) is 0 Å². The molecule has 0 saturated carbocycles. The molecule has 7 heteroatoms. The quantitative estimate of drug-likeness (QED) is 0.801. The molecule has 0 unspecified atom stereocenters. The maximum atomic E-state index is 12.5. The SMILES string of the molecule is O[C@H](c1ccccc1Br)C(Cl)(Cl)C(F)(F)F. The van der Waals surface area contributed by atoms with Crippen molar-refractivity contribution in [2.24, 2.45) is 0 Å². The summed E-state index contributed by atoms with van der Waals surface area (Å²) in [5, 5.41) is 9.55. The molecule has 0 bridgehead atoms. The Hall–Kier alpha value is 0.0300. The van der Waals surface area contributed by atoms with Gasteiger partial charge in [0.05, 0.1) is 0 Å². The lowest BCUT2D eigenvalue weighted by atomic mass is 10.1. The molecule has 1 aromatic rings. The van der Waals surface area contributed by atoms with E-state index in [4.69, 9.17) is 23.2 Å². The van der Waals surface area contributed by atoms with E-state index in [1.165, 1.54) is 18.2 Å². The van der Waals surface area contributed by atoms with Crippen LogP contribution in [0.25, 0.3) is 0 Å². The van der Waals surface area contributed by atoms with Crippen molar-refractivity contribution in [2.45, 2.75) is 16.6 Å². The molecule has 1 atom stereocenters. The molecule has 0 heterocycles. The van der Waals surface area contributed by atoms with Crippen LogP contribution in [-0.4, -0.2) is 15.6 Å². The summed E-state index contributed by atoms with van der Waals surface area (Å²) >= 11 is 13.3. The van der Waals surface area contributed by atoms with Crippen LogP contribution >= 0.6 is 39.1 Å². The maximum Gasteiger partial charge on any atom is 0.424 e. The van der Waals surface area contributed by atoms with E-state index in [-0.39, 0.29) is 5.56 Å². The van der Waals surface area contributed by atoms with Crippen LogP contribution < -0.4 is 0 Å². The van der Waals surface area contributed by atoms with Crippen molar-refractivity contribution in [3.8, 4) is 0 Å². The molecule has 0 spiro atoms. The van der Waals surface area contributed by atoms with E-state index in [1.807, 2.05) is 0 Å². The topological polar surface area (TPSA) is 20.2 Å². The van der Waals surface area contributed by atoms with Gasteiger partial charge < -0.3 is 5.11 Å². The van der Waals surface area contributed by atoms with E-state index < -0.39 is 16.6 Å². The zero-order valence-corrected chi connectivity index (χ0v) is 10.7. The zero-order valence-electron chi connectivity index (χ0n) is 7.60. The van der Waals surface area contributed by atoms with Crippen LogP contribution in [0, 0.1) is 0 Å². The average Bonchev–Trinajstić information content (AvgIpc) is 2.15. The lowest BCUT2D eigenvalue weighted by Gasteiger charge is -2.28. The number of aliphatic hydroxyl groups excluding tert-OH is 1. The summed E-state index contributed by atoms with van der Waals surface area (Å²) in [6.07, 6.45) is -6.99. The van der Waals surface area contributed by atoms with Gasteiger partial charge in [0.2, 0.25) is 4.33 Å². The fourth-order valence-corrected chi connectivity index (χ4v) is 1.78. The Kier molecular flexibility index (Phi) is 4.16. The summed E-state index contributed by atoms with van der Waals surface area (Å²) in [6, 6.07) is 5.86. The minimum atomic E-state index is -4.93. The highest BCUT2D eigenvalue weighted by molar-refractivity contribution is 9.10. The Labute approximate surface area is 108 Å². The largest absolute Gasteiger partial charge is 0.424 e. The highest BCUT2D eigenvalue weighted by atomic mass is 79.9. The van der Waals surface area contributed by atoms with Gasteiger partial charge >= 0.3 is 6.18 Å². The second-order valence-electron chi connectivity index (χ2n) is 3.04. The second kappa shape index (κ2) is 4.72. The Balaban J connectivity index is 3.12. The Bertz CT molecular complexity index is 381. The van der Waals surface area contributed by atoms with Crippen LogP contribution in [0.4, 0.5) is 13.2 Å². The summed E-state index contributed by atoms with van der Waals surface area (Å²) in [5.74, 6) is 0. The third kappa shape index (κ3) is 2.64. The summed E-state index contributed by atoms with van der Waals surface area (Å²) in [4.78, 5) is 0. The molecule has 0 aromatic heterocycles. The molecule has 0 aliphatic carbocycles. The molecule has 0 fully saturated rings. The standard InChI is InChI=1S/C9H6BrCl2F3O/c10-6-4-2-1-3-5(6)7(16)8(11,12)9(13,14)15/h1-4,7,16H/t7-/m1/s1. The minimum absolute atomic E-state index is 0.0233. The monoisotopic (exact) mass is 336 g/mol. The maximum absolute atomic E-state index is 12.5. The molecular formula is C9H6BrCl2F3O. The van der Waals surface area contributed by atoms with E-state index in [2.05, 4.69) is 15.9 Å². The van der Waals surface area contributed by atoms with Gasteiger partial charge in [0, 0.05) is 4.47 Å². The fourth-order valence-electron chi connectivity index (χ4n) is 1.05. The molecule has 0 aliphatic heterocycles. The number of hydrogen-bond donors (Lipinski definition) is 1. The molecule has 16 heavy (non-hydrogen) atoms. The minimum Gasteiger partial charge on any atom is -0.385 e. The van der Waals surface area contributed by atoms with Crippen LogP contribution in [0.5, 0.6) is 0 Å². The van der Waals surface area contributed by atoms with Crippen LogP contribution in [0.15, 0.2) is 28.7 Å². The molecule has 0 amide bonds. The molecule has 90 valence electrons. The smallest absolute Gasteiger partial charge is 0.385 e. The van der Waals surface area contributed by atoms with Crippen molar-refractivity contribution >= 4 is 39.1 Å². The Morgan fingerprint density at radius 1 is 1.19 bits per heavy atom. The highest BCUT2D eigenvalue weighted by Gasteiger charge is 2.58. The van der Waals surface area contributed by atoms with Crippen LogP contribution in [-0.2, 0) is 0 Å². The first kappa shape index (κ1) is 14.1. The third-order valence-electron chi connectivity index (χ3n) is 1.92. The predicted molar refractivity (Wildman–Crippen MR) is 59.6 cm³/mol. The number of aliphatic hydroxyl groups is 1. The van der Waals surface area contributed by atoms with Gasteiger partial charge in [-0.05, 0) is 11.6 Å². The van der Waals surface area contributed by atoms with E-state index >= 15 is 0 Å². The lowest BCUT2D eigenvalue weighted by Crippen LogP contribution is -2.40. The van der Waals surface area contributed by atoms with Crippen LogP contribution in [0.2, 0.25) is 0 Å². The molecule has 0 radical (unpaired) electrons. The van der Waals surface area contributed by atoms with E-state index in [0.717, 1.165) is 0 Å². The molecular weight excluding hydrogens is 332 g/mol. The van der Waals surface area contributed by atoms with Crippen molar-refractivity contribution in [2.75, 3.05) is 0 Å². The number of alkyl halides is 5. The van der Waals surface area contributed by atoms with Gasteiger partial charge in [-0.2, -0.15) is 13.2 Å². The summed E-state index contributed by atoms with van der Waals surface area (Å²) < 4.78 is 34.4. The number of benzene rings is 1. The predicted octanol–water partition coefficient (Wildman–Crippen LogP) is 4.22. The summed E-state index contributed by atoms with van der Waals surface area (Å²) in [5.41, 5.74) is -0.0233. The Morgan fingerprint density at radius 2 is 1.69 bits per heavy atom. The molecule has 1 N–H and O–H groups in total. The molecule has 0 saturated heterocycles. The van der Waals surface area contributed by atoms with Crippen molar-refractivity contribution < 1.29 is 18.3 Å². The van der Waals surface area contributed by atoms with Crippen molar-refractivity contribution in [3.63, 3.8) is 0 Å². The zero-order chi connectivity index (χ0) is 12.6. The van der Waals surface area contributed by atoms with Gasteiger partial charge in [0.25, 0.3) is 0 Å². The molecule has 1 rings (SSSR count). The first-order valence-corrected chi connectivity index (χ1v) is 5.60. The van der Waals surface area contributed by atoms with Gasteiger partial charge in [-0.1, -0.05) is 57.3 Å². The first-order valence-electron chi connectivity index (χ1n) is 4.05. The normalized spacial score (nSPS) is 14.9. The van der Waals surface area contributed by atoms with Crippen LogP contribution in [0.3, 0.4) is 0 Å². The lowest BCUT2D eigenvalue weighted by molar-refractivity contribution is -0.162. The first-order chi connectivity index (χ1) is 7.18. The van der Waals surface area contributed by atoms with Crippen molar-refractivity contribution in [1.82, 2.24) is 0 Å². The van der Waals surface area contributed by atoms with Gasteiger partial charge in [0.15, 0.2) is 0 Å². The summed E-state index contributed by atoms with van der Waals surface area (Å²) in [7, 11) is 0. The van der Waals surface area contributed by atoms with Gasteiger partial charge in [-0.25, -0.2) is 0 Å². The third-order valence-corrected chi connectivity index (χ3v) is 3.49. The second-order valence-corrected chi connectivity index (χ2v) is 5.28. The van der Waals surface area contributed by atoms with E-state index in [1.54, 1.807) is 6.07 Å². The number of halogens is 6. The van der Waals surface area contributed by atoms with Gasteiger partial charge in [-0.3, -0.25) is 0 Å². The van der Waals surface area contributed by atoms with Crippen LogP contribution in [0.1, 0.15) is 11.7 Å².